The van der Waals surface area contributed by atoms with E-state index in [2.05, 4.69) is 6.92 Å². The van der Waals surface area contributed by atoms with Gasteiger partial charge in [-0.1, -0.05) is 13.3 Å². The molecule has 0 nitrogen and oxygen atoms in total. The summed E-state index contributed by atoms with van der Waals surface area (Å²) in [7, 11) is 0. The third-order valence-corrected chi connectivity index (χ3v) is 3.81. The molecule has 0 bridgehead atoms. The van der Waals surface area contributed by atoms with Crippen molar-refractivity contribution >= 4 is 0 Å². The zero-order chi connectivity index (χ0) is 6.98. The van der Waals surface area contributed by atoms with Gasteiger partial charge in [0.25, 0.3) is 0 Å². The van der Waals surface area contributed by atoms with Crippen molar-refractivity contribution in [3.63, 3.8) is 0 Å². The Morgan fingerprint density at radius 1 is 1.67 bits per heavy atom. The molecule has 0 saturated heterocycles. The molecule has 0 N–H and O–H groups in total. The van der Waals surface area contributed by atoms with Crippen LogP contribution in [0, 0.1) is 16.7 Å². The van der Waals surface area contributed by atoms with Gasteiger partial charge in [-0.25, -0.2) is 0 Å². The van der Waals surface area contributed by atoms with Crippen molar-refractivity contribution in [1.29, 1.82) is 0 Å². The van der Waals surface area contributed by atoms with E-state index in [0.29, 0.717) is 17.2 Å². The molecular formula is C9H14. The standard InChI is InChI=1S/C9H14/c1-2-7-5-9(7)6-8(9)3-4-8/h7H,2-6H2,1H3/i6D. The van der Waals surface area contributed by atoms with Gasteiger partial charge in [0, 0.05) is 1.37 Å². The molecule has 0 amide bonds. The fraction of sp³-hybridized carbons (Fsp3) is 1.00. The minimum absolute atomic E-state index is 0.366. The Bertz CT molecular complexity index is 195. The van der Waals surface area contributed by atoms with Gasteiger partial charge in [0.2, 0.25) is 0 Å². The van der Waals surface area contributed by atoms with Gasteiger partial charge in [-0.2, -0.15) is 0 Å². The van der Waals surface area contributed by atoms with E-state index in [-0.39, 0.29) is 0 Å². The summed E-state index contributed by atoms with van der Waals surface area (Å²) in [4.78, 5) is 0. The minimum Gasteiger partial charge on any atom is -0.0651 e. The lowest BCUT2D eigenvalue weighted by atomic mass is 10.2. The van der Waals surface area contributed by atoms with Crippen molar-refractivity contribution in [2.24, 2.45) is 16.7 Å². The van der Waals surface area contributed by atoms with E-state index in [0.717, 1.165) is 5.92 Å². The Hall–Kier alpha value is 0. The molecule has 3 aliphatic carbocycles. The van der Waals surface area contributed by atoms with Crippen molar-refractivity contribution in [2.45, 2.75) is 39.0 Å². The predicted molar refractivity (Wildman–Crippen MR) is 37.1 cm³/mol. The number of hydrogen-bond acceptors (Lipinski definition) is 0. The zero-order valence-electron chi connectivity index (χ0n) is 6.98. The van der Waals surface area contributed by atoms with Gasteiger partial charge in [-0.15, -0.1) is 0 Å². The van der Waals surface area contributed by atoms with Gasteiger partial charge in [0.15, 0.2) is 0 Å². The summed E-state index contributed by atoms with van der Waals surface area (Å²) in [6.45, 7) is 2.28. The van der Waals surface area contributed by atoms with Crippen molar-refractivity contribution in [3.05, 3.63) is 0 Å². The minimum atomic E-state index is 0.366. The van der Waals surface area contributed by atoms with E-state index in [1.165, 1.54) is 25.7 Å². The van der Waals surface area contributed by atoms with E-state index in [1.807, 2.05) is 0 Å². The Morgan fingerprint density at radius 3 is 2.78 bits per heavy atom. The monoisotopic (exact) mass is 123 g/mol. The molecule has 3 rings (SSSR count). The molecule has 3 atom stereocenters. The molecule has 0 aromatic heterocycles. The third kappa shape index (κ3) is 0.342. The number of hydrogen-bond donors (Lipinski definition) is 0. The Morgan fingerprint density at radius 2 is 2.44 bits per heavy atom. The number of fused-ring (bicyclic) bond motifs is 1. The summed E-state index contributed by atoms with van der Waals surface area (Å²) in [5.41, 5.74) is 1.20. The fourth-order valence-corrected chi connectivity index (χ4v) is 2.85. The third-order valence-electron chi connectivity index (χ3n) is 3.81. The highest BCUT2D eigenvalue weighted by molar-refractivity contribution is 5.32. The second-order valence-corrected chi connectivity index (χ2v) is 4.15. The first-order valence-corrected chi connectivity index (χ1v) is 4.20. The maximum Gasteiger partial charge on any atom is 0.0278 e. The molecule has 50 valence electrons. The van der Waals surface area contributed by atoms with Crippen molar-refractivity contribution < 1.29 is 1.37 Å². The second kappa shape index (κ2) is 0.980. The van der Waals surface area contributed by atoms with Crippen molar-refractivity contribution in [2.75, 3.05) is 0 Å². The molecule has 0 aromatic rings. The fourth-order valence-electron chi connectivity index (χ4n) is 2.85. The van der Waals surface area contributed by atoms with Crippen molar-refractivity contribution in [3.8, 4) is 0 Å². The van der Waals surface area contributed by atoms with E-state index in [9.17, 15) is 0 Å². The highest BCUT2D eigenvalue weighted by atomic mass is 14.9. The normalized spacial score (nSPS) is 66.1. The molecule has 9 heavy (non-hydrogen) atoms. The molecule has 0 aromatic carbocycles. The number of rotatable bonds is 1. The smallest absolute Gasteiger partial charge is 0.0278 e. The lowest BCUT2D eigenvalue weighted by Gasteiger charge is -1.87. The van der Waals surface area contributed by atoms with Crippen LogP contribution in [-0.4, -0.2) is 0 Å². The van der Waals surface area contributed by atoms with Crippen LogP contribution in [0.1, 0.15) is 40.4 Å². The van der Waals surface area contributed by atoms with E-state index in [1.54, 1.807) is 0 Å². The summed E-state index contributed by atoms with van der Waals surface area (Å²) in [6, 6.07) is 0. The maximum atomic E-state index is 7.86. The Balaban J connectivity index is 1.87. The van der Waals surface area contributed by atoms with Crippen LogP contribution in [-0.2, 0) is 0 Å². The maximum absolute atomic E-state index is 7.86. The van der Waals surface area contributed by atoms with Crippen molar-refractivity contribution in [1.82, 2.24) is 0 Å². The summed E-state index contributed by atoms with van der Waals surface area (Å²) in [5, 5.41) is 0. The van der Waals surface area contributed by atoms with E-state index < -0.39 is 0 Å². The molecule has 0 heteroatoms. The van der Waals surface area contributed by atoms with Crippen LogP contribution < -0.4 is 0 Å². The van der Waals surface area contributed by atoms with Crippen LogP contribution in [0.4, 0.5) is 0 Å². The summed E-state index contributed by atoms with van der Waals surface area (Å²) < 4.78 is 7.86. The lowest BCUT2D eigenvalue weighted by molar-refractivity contribution is 0.611. The first kappa shape index (κ1) is 4.00. The highest BCUT2D eigenvalue weighted by Gasteiger charge is 2.82. The highest BCUT2D eigenvalue weighted by Crippen LogP contribution is 2.91. The molecule has 3 fully saturated rings. The van der Waals surface area contributed by atoms with Gasteiger partial charge in [-0.3, -0.25) is 0 Å². The molecular weight excluding hydrogens is 108 g/mol. The van der Waals surface area contributed by atoms with Crippen LogP contribution in [0.15, 0.2) is 0 Å². The molecule has 0 heterocycles. The molecule has 0 radical (unpaired) electrons. The predicted octanol–water partition coefficient (Wildman–Crippen LogP) is 2.59. The first-order valence-electron chi connectivity index (χ1n) is 4.78. The topological polar surface area (TPSA) is 0 Å². The van der Waals surface area contributed by atoms with Crippen LogP contribution >= 0.6 is 0 Å². The van der Waals surface area contributed by atoms with Gasteiger partial charge < -0.3 is 0 Å². The first-order chi connectivity index (χ1) is 4.78. The average molecular weight is 123 g/mol. The molecule has 2 spiro atoms. The van der Waals surface area contributed by atoms with Crippen LogP contribution in [0.25, 0.3) is 0 Å². The Labute approximate surface area is 58.0 Å². The summed E-state index contributed by atoms with van der Waals surface area (Å²) >= 11 is 0. The van der Waals surface area contributed by atoms with Crippen LogP contribution in [0.5, 0.6) is 0 Å². The molecule has 3 unspecified atom stereocenters. The van der Waals surface area contributed by atoms with Gasteiger partial charge in [0.1, 0.15) is 0 Å². The van der Waals surface area contributed by atoms with Gasteiger partial charge in [0.05, 0.1) is 0 Å². The van der Waals surface area contributed by atoms with Crippen LogP contribution in [0.3, 0.4) is 0 Å². The second-order valence-electron chi connectivity index (χ2n) is 4.15. The lowest BCUT2D eigenvalue weighted by Crippen LogP contribution is -1.81. The van der Waals surface area contributed by atoms with Gasteiger partial charge in [-0.05, 0) is 42.4 Å². The van der Waals surface area contributed by atoms with Crippen LogP contribution in [0.2, 0.25) is 0 Å². The summed E-state index contributed by atoms with van der Waals surface area (Å²) in [6.07, 6.45) is 5.87. The quantitative estimate of drug-likeness (QED) is 0.502. The molecule has 0 aliphatic heterocycles. The molecule has 3 saturated carbocycles. The Kier molecular flexibility index (Phi) is 0.436. The SMILES string of the molecule is [2H]C1C2(CC2)C12CC2CC. The van der Waals surface area contributed by atoms with E-state index in [4.69, 9.17) is 1.37 Å². The average Bonchev–Trinajstić information content (AvgIpc) is 2.82. The zero-order valence-corrected chi connectivity index (χ0v) is 5.98. The largest absolute Gasteiger partial charge is 0.0651 e. The summed E-state index contributed by atoms with van der Waals surface area (Å²) in [5.74, 6) is 0.956. The van der Waals surface area contributed by atoms with Gasteiger partial charge >= 0.3 is 0 Å². The molecule has 3 aliphatic rings. The van der Waals surface area contributed by atoms with E-state index >= 15 is 0 Å².